The van der Waals surface area contributed by atoms with Crippen LogP contribution in [0, 0.1) is 13.8 Å². The summed E-state index contributed by atoms with van der Waals surface area (Å²) < 4.78 is 40.1. The summed E-state index contributed by atoms with van der Waals surface area (Å²) in [5.74, 6) is 0.368. The molecule has 1 aliphatic heterocycles. The normalized spacial score (nSPS) is 16.5. The molecule has 9 nitrogen and oxygen atoms in total. The van der Waals surface area contributed by atoms with E-state index in [9.17, 15) is 13.2 Å². The summed E-state index contributed by atoms with van der Waals surface area (Å²) >= 11 is 0. The van der Waals surface area contributed by atoms with Gasteiger partial charge in [-0.2, -0.15) is 9.40 Å². The Labute approximate surface area is 181 Å². The molecule has 31 heavy (non-hydrogen) atoms. The van der Waals surface area contributed by atoms with E-state index in [2.05, 4.69) is 10.4 Å². The molecule has 10 heteroatoms. The first-order valence-electron chi connectivity index (χ1n) is 10.2. The number of aryl methyl sites for hydroxylation is 1. The van der Waals surface area contributed by atoms with E-state index in [1.165, 1.54) is 8.99 Å². The lowest BCUT2D eigenvalue weighted by atomic mass is 10.2. The number of amides is 1. The van der Waals surface area contributed by atoms with Crippen molar-refractivity contribution in [1.82, 2.24) is 19.4 Å². The lowest BCUT2D eigenvalue weighted by Crippen LogP contribution is -2.41. The highest BCUT2D eigenvalue weighted by Crippen LogP contribution is 2.25. The third kappa shape index (κ3) is 4.23. The highest BCUT2D eigenvalue weighted by Gasteiger charge is 2.32. The predicted molar refractivity (Wildman–Crippen MR) is 114 cm³/mol. The third-order valence-electron chi connectivity index (χ3n) is 5.43. The van der Waals surface area contributed by atoms with Crippen LogP contribution in [0.2, 0.25) is 0 Å². The number of benzene rings is 1. The summed E-state index contributed by atoms with van der Waals surface area (Å²) in [6, 6.07) is 9.20. The highest BCUT2D eigenvalue weighted by molar-refractivity contribution is 7.89. The number of furan rings is 1. The fraction of sp³-hybridized carbons (Fsp3) is 0.429. The fourth-order valence-corrected chi connectivity index (χ4v) is 5.61. The number of aromatic nitrogens is 2. The van der Waals surface area contributed by atoms with Crippen LogP contribution in [0.25, 0.3) is 11.0 Å². The van der Waals surface area contributed by atoms with E-state index in [1.54, 1.807) is 13.8 Å². The van der Waals surface area contributed by atoms with Crippen molar-refractivity contribution in [3.8, 4) is 0 Å². The molecule has 166 valence electrons. The van der Waals surface area contributed by atoms with Gasteiger partial charge in [-0.25, -0.2) is 8.42 Å². The van der Waals surface area contributed by atoms with Gasteiger partial charge in [0.05, 0.1) is 30.6 Å². The van der Waals surface area contributed by atoms with Crippen molar-refractivity contribution in [2.45, 2.75) is 38.3 Å². The average Bonchev–Trinajstić information content (AvgIpc) is 3.29. The van der Waals surface area contributed by atoms with Gasteiger partial charge in [0.2, 0.25) is 15.9 Å². The van der Waals surface area contributed by atoms with Crippen LogP contribution < -0.4 is 5.32 Å². The number of hydrogen-bond donors (Lipinski definition) is 1. The van der Waals surface area contributed by atoms with Crippen LogP contribution in [0.3, 0.4) is 0 Å². The second-order valence-electron chi connectivity index (χ2n) is 7.65. The summed E-state index contributed by atoms with van der Waals surface area (Å²) in [6.07, 6.45) is 0. The summed E-state index contributed by atoms with van der Waals surface area (Å²) in [6.45, 7) is 6.42. The molecule has 1 saturated heterocycles. The number of morpholine rings is 1. The van der Waals surface area contributed by atoms with Gasteiger partial charge in [0.25, 0.3) is 0 Å². The summed E-state index contributed by atoms with van der Waals surface area (Å²) in [7, 11) is -3.70. The van der Waals surface area contributed by atoms with E-state index in [0.717, 1.165) is 11.0 Å². The minimum absolute atomic E-state index is 0.0874. The molecule has 1 atom stereocenters. The van der Waals surface area contributed by atoms with Crippen LogP contribution in [-0.4, -0.2) is 54.7 Å². The first-order chi connectivity index (χ1) is 14.8. The van der Waals surface area contributed by atoms with Gasteiger partial charge in [0.15, 0.2) is 0 Å². The maximum atomic E-state index is 13.1. The second kappa shape index (κ2) is 8.45. The second-order valence-corrected chi connectivity index (χ2v) is 9.52. The van der Waals surface area contributed by atoms with Crippen LogP contribution in [0.15, 0.2) is 39.6 Å². The molecule has 0 bridgehead atoms. The van der Waals surface area contributed by atoms with Gasteiger partial charge in [-0.3, -0.25) is 9.48 Å². The predicted octanol–water partition coefficient (Wildman–Crippen LogP) is 2.14. The number of carbonyl (C=O) groups is 1. The number of carbonyl (C=O) groups excluding carboxylic acids is 1. The van der Waals surface area contributed by atoms with Gasteiger partial charge < -0.3 is 14.5 Å². The topological polar surface area (TPSA) is 107 Å². The molecule has 1 amide bonds. The molecule has 0 radical (unpaired) electrons. The molecule has 1 aliphatic rings. The van der Waals surface area contributed by atoms with Crippen molar-refractivity contribution in [1.29, 1.82) is 0 Å². The van der Waals surface area contributed by atoms with Crippen molar-refractivity contribution in [3.63, 3.8) is 0 Å². The van der Waals surface area contributed by atoms with E-state index >= 15 is 0 Å². The van der Waals surface area contributed by atoms with Gasteiger partial charge >= 0.3 is 0 Å². The van der Waals surface area contributed by atoms with Crippen LogP contribution in [0.1, 0.15) is 30.1 Å². The van der Waals surface area contributed by atoms with Gasteiger partial charge in [-0.05, 0) is 32.9 Å². The summed E-state index contributed by atoms with van der Waals surface area (Å²) in [4.78, 5) is 12.8. The van der Waals surface area contributed by atoms with Crippen LogP contribution in [-0.2, 0) is 26.1 Å². The Morgan fingerprint density at radius 1 is 1.23 bits per heavy atom. The molecule has 3 aromatic rings. The smallest absolute Gasteiger partial charge is 0.246 e. The van der Waals surface area contributed by atoms with E-state index in [-0.39, 0.29) is 23.4 Å². The zero-order valence-corrected chi connectivity index (χ0v) is 18.6. The fourth-order valence-electron chi connectivity index (χ4n) is 3.83. The largest absolute Gasteiger partial charge is 0.459 e. The monoisotopic (exact) mass is 446 g/mol. The molecule has 1 N–H and O–H groups in total. The summed E-state index contributed by atoms with van der Waals surface area (Å²) in [5, 5.41) is 8.18. The van der Waals surface area contributed by atoms with E-state index < -0.39 is 10.0 Å². The minimum Gasteiger partial charge on any atom is -0.459 e. The van der Waals surface area contributed by atoms with Gasteiger partial charge in [0, 0.05) is 18.5 Å². The van der Waals surface area contributed by atoms with Crippen molar-refractivity contribution >= 4 is 26.9 Å². The molecule has 0 aliphatic carbocycles. The Morgan fingerprint density at radius 3 is 2.65 bits per heavy atom. The first-order valence-corrected chi connectivity index (χ1v) is 11.6. The Morgan fingerprint density at radius 2 is 1.94 bits per heavy atom. The lowest BCUT2D eigenvalue weighted by molar-refractivity contribution is -0.122. The summed E-state index contributed by atoms with van der Waals surface area (Å²) in [5.41, 5.74) is 1.58. The molecule has 0 saturated carbocycles. The molecule has 2 aromatic heterocycles. The highest BCUT2D eigenvalue weighted by atomic mass is 32.2. The Bertz CT molecular complexity index is 1170. The van der Waals surface area contributed by atoms with Gasteiger partial charge in [-0.1, -0.05) is 18.2 Å². The molecule has 1 unspecified atom stereocenters. The van der Waals surface area contributed by atoms with E-state index in [4.69, 9.17) is 9.15 Å². The third-order valence-corrected chi connectivity index (χ3v) is 7.58. The SMILES string of the molecule is Cc1nn(CC(=O)NC(C)c2cc3ccccc3o2)c(C)c1S(=O)(=O)N1CCOCC1. The number of fused-ring (bicyclic) bond motifs is 1. The van der Waals surface area contributed by atoms with Crippen molar-refractivity contribution in [2.75, 3.05) is 26.3 Å². The molecular formula is C21H26N4O5S. The van der Waals surface area contributed by atoms with E-state index in [1.807, 2.05) is 37.3 Å². The van der Waals surface area contributed by atoms with Crippen LogP contribution in [0.4, 0.5) is 0 Å². The molecule has 4 rings (SSSR count). The van der Waals surface area contributed by atoms with Crippen LogP contribution in [0.5, 0.6) is 0 Å². The lowest BCUT2D eigenvalue weighted by Gasteiger charge is -2.26. The Kier molecular flexibility index (Phi) is 5.87. The molecular weight excluding hydrogens is 420 g/mol. The zero-order valence-electron chi connectivity index (χ0n) is 17.8. The standard InChI is InChI=1S/C21H26N4O5S/c1-14(19-12-17-6-4-5-7-18(17)30-19)22-20(26)13-25-16(3)21(15(2)23-25)31(27,28)24-8-10-29-11-9-24/h4-7,12,14H,8-11,13H2,1-3H3,(H,22,26). The number of para-hydroxylation sites is 1. The first kappa shape index (κ1) is 21.5. The Balaban J connectivity index is 1.49. The zero-order chi connectivity index (χ0) is 22.2. The van der Waals surface area contributed by atoms with Crippen molar-refractivity contribution < 1.29 is 22.4 Å². The maximum absolute atomic E-state index is 13.1. The number of hydrogen-bond acceptors (Lipinski definition) is 6. The number of rotatable bonds is 6. The maximum Gasteiger partial charge on any atom is 0.246 e. The van der Waals surface area contributed by atoms with Crippen LogP contribution >= 0.6 is 0 Å². The van der Waals surface area contributed by atoms with Crippen molar-refractivity contribution in [3.05, 3.63) is 47.5 Å². The van der Waals surface area contributed by atoms with E-state index in [0.29, 0.717) is 43.5 Å². The minimum atomic E-state index is -3.70. The molecule has 0 spiro atoms. The quantitative estimate of drug-likeness (QED) is 0.622. The van der Waals surface area contributed by atoms with Crippen molar-refractivity contribution in [2.24, 2.45) is 0 Å². The van der Waals surface area contributed by atoms with Gasteiger partial charge in [0.1, 0.15) is 22.8 Å². The number of sulfonamides is 1. The number of ether oxygens (including phenoxy) is 1. The number of nitrogens with zero attached hydrogens (tertiary/aromatic N) is 3. The number of nitrogens with one attached hydrogen (secondary N) is 1. The molecule has 1 aromatic carbocycles. The molecule has 1 fully saturated rings. The Hall–Kier alpha value is -2.69. The van der Waals surface area contributed by atoms with Gasteiger partial charge in [-0.15, -0.1) is 0 Å². The average molecular weight is 447 g/mol. The molecule has 3 heterocycles.